The first-order chi connectivity index (χ1) is 14.7. The van der Waals surface area contributed by atoms with Crippen molar-refractivity contribution >= 4 is 28.5 Å². The molecule has 0 unspecified atom stereocenters. The molecule has 0 spiro atoms. The molecular weight excluding hydrogens is 378 g/mol. The first kappa shape index (κ1) is 18.9. The molecule has 1 N–H and O–H groups in total. The van der Waals surface area contributed by atoms with Gasteiger partial charge in [-0.05, 0) is 30.5 Å². The Kier molecular flexibility index (Phi) is 5.01. The van der Waals surface area contributed by atoms with E-state index in [1.807, 2.05) is 47.4 Å². The van der Waals surface area contributed by atoms with Crippen molar-refractivity contribution in [2.75, 3.05) is 31.5 Å². The lowest BCUT2D eigenvalue weighted by atomic mass is 10.1. The number of carbonyl (C=O) groups excluding carboxylic acids is 2. The highest BCUT2D eigenvalue weighted by Crippen LogP contribution is 2.35. The van der Waals surface area contributed by atoms with Crippen molar-refractivity contribution in [3.05, 3.63) is 65.9 Å². The standard InChI is InChI=1S/C24H25N3O3/c28-23(18-10-11-18)25-21-19-8-4-5-9-20(19)30-22(21)24(29)27-14-12-26(13-15-27)16-17-6-2-1-3-7-17/h1-9,18H,10-16H2,(H,25,28). The molecule has 1 saturated heterocycles. The molecule has 1 aliphatic carbocycles. The molecule has 30 heavy (non-hydrogen) atoms. The molecule has 2 aliphatic rings. The summed E-state index contributed by atoms with van der Waals surface area (Å²) in [7, 11) is 0. The lowest BCUT2D eigenvalue weighted by molar-refractivity contribution is -0.117. The molecular formula is C24H25N3O3. The SMILES string of the molecule is O=C(Nc1c(C(=O)N2CCN(Cc3ccccc3)CC2)oc2ccccc12)C1CC1. The maximum atomic E-state index is 13.3. The lowest BCUT2D eigenvalue weighted by Gasteiger charge is -2.34. The number of para-hydroxylation sites is 1. The van der Waals surface area contributed by atoms with Gasteiger partial charge in [0.25, 0.3) is 5.91 Å². The van der Waals surface area contributed by atoms with Gasteiger partial charge in [0, 0.05) is 44.0 Å². The van der Waals surface area contributed by atoms with Crippen molar-refractivity contribution in [1.29, 1.82) is 0 Å². The topological polar surface area (TPSA) is 65.8 Å². The van der Waals surface area contributed by atoms with Gasteiger partial charge in [0.15, 0.2) is 0 Å². The van der Waals surface area contributed by atoms with Gasteiger partial charge in [-0.3, -0.25) is 14.5 Å². The maximum absolute atomic E-state index is 13.3. The maximum Gasteiger partial charge on any atom is 0.291 e. The van der Waals surface area contributed by atoms with Crippen LogP contribution in [0.2, 0.25) is 0 Å². The van der Waals surface area contributed by atoms with Crippen LogP contribution in [0.15, 0.2) is 59.0 Å². The number of amides is 2. The van der Waals surface area contributed by atoms with Crippen LogP contribution in [0.4, 0.5) is 5.69 Å². The number of anilines is 1. The molecule has 2 amide bonds. The van der Waals surface area contributed by atoms with E-state index in [1.165, 1.54) is 5.56 Å². The monoisotopic (exact) mass is 403 g/mol. The van der Waals surface area contributed by atoms with Crippen LogP contribution in [-0.4, -0.2) is 47.8 Å². The Hall–Kier alpha value is -3.12. The van der Waals surface area contributed by atoms with Crippen LogP contribution in [0.25, 0.3) is 11.0 Å². The van der Waals surface area contributed by atoms with Crippen LogP contribution in [-0.2, 0) is 11.3 Å². The summed E-state index contributed by atoms with van der Waals surface area (Å²) in [5.74, 6) is 0.116. The van der Waals surface area contributed by atoms with Crippen molar-refractivity contribution < 1.29 is 14.0 Å². The number of nitrogens with zero attached hydrogens (tertiary/aromatic N) is 2. The third kappa shape index (κ3) is 3.83. The zero-order valence-corrected chi connectivity index (χ0v) is 16.8. The lowest BCUT2D eigenvalue weighted by Crippen LogP contribution is -2.48. The van der Waals surface area contributed by atoms with E-state index in [1.54, 1.807) is 0 Å². The van der Waals surface area contributed by atoms with E-state index in [4.69, 9.17) is 4.42 Å². The van der Waals surface area contributed by atoms with Gasteiger partial charge in [0.2, 0.25) is 11.7 Å². The van der Waals surface area contributed by atoms with Crippen LogP contribution in [0.1, 0.15) is 29.0 Å². The van der Waals surface area contributed by atoms with E-state index in [9.17, 15) is 9.59 Å². The van der Waals surface area contributed by atoms with Crippen LogP contribution in [0.5, 0.6) is 0 Å². The van der Waals surface area contributed by atoms with E-state index in [0.29, 0.717) is 24.4 Å². The number of hydrogen-bond acceptors (Lipinski definition) is 4. The molecule has 0 atom stereocenters. The van der Waals surface area contributed by atoms with Gasteiger partial charge in [-0.15, -0.1) is 0 Å². The number of fused-ring (bicyclic) bond motifs is 1. The second-order valence-corrected chi connectivity index (χ2v) is 8.12. The first-order valence-corrected chi connectivity index (χ1v) is 10.6. The summed E-state index contributed by atoms with van der Waals surface area (Å²) in [6.07, 6.45) is 1.82. The van der Waals surface area contributed by atoms with Crippen molar-refractivity contribution in [3.8, 4) is 0 Å². The number of carbonyl (C=O) groups is 2. The molecule has 0 bridgehead atoms. The highest BCUT2D eigenvalue weighted by atomic mass is 16.3. The minimum atomic E-state index is -0.156. The second kappa shape index (κ2) is 7.95. The third-order valence-electron chi connectivity index (χ3n) is 5.89. The molecule has 2 fully saturated rings. The fourth-order valence-corrected chi connectivity index (χ4v) is 3.99. The minimum Gasteiger partial charge on any atom is -0.449 e. The average Bonchev–Trinajstić information content (AvgIpc) is 3.57. The molecule has 154 valence electrons. The minimum absolute atomic E-state index is 0.0247. The summed E-state index contributed by atoms with van der Waals surface area (Å²) >= 11 is 0. The average molecular weight is 403 g/mol. The Balaban J connectivity index is 1.32. The predicted octanol–water partition coefficient (Wildman–Crippen LogP) is 3.74. The van der Waals surface area contributed by atoms with E-state index in [0.717, 1.165) is 37.9 Å². The van der Waals surface area contributed by atoms with Gasteiger partial charge in [-0.1, -0.05) is 42.5 Å². The van der Waals surface area contributed by atoms with E-state index in [-0.39, 0.29) is 23.5 Å². The van der Waals surface area contributed by atoms with Gasteiger partial charge >= 0.3 is 0 Å². The summed E-state index contributed by atoms with van der Waals surface area (Å²) < 4.78 is 5.92. The van der Waals surface area contributed by atoms with E-state index < -0.39 is 0 Å². The zero-order valence-electron chi connectivity index (χ0n) is 16.8. The number of furan rings is 1. The fourth-order valence-electron chi connectivity index (χ4n) is 3.99. The van der Waals surface area contributed by atoms with Crippen molar-refractivity contribution in [3.63, 3.8) is 0 Å². The summed E-state index contributed by atoms with van der Waals surface area (Å²) in [6.45, 7) is 3.78. The number of piperazine rings is 1. The summed E-state index contributed by atoms with van der Waals surface area (Å²) in [5, 5.41) is 3.74. The number of rotatable bonds is 5. The van der Waals surface area contributed by atoms with E-state index in [2.05, 4.69) is 22.3 Å². The second-order valence-electron chi connectivity index (χ2n) is 8.12. The van der Waals surface area contributed by atoms with Gasteiger partial charge in [0.1, 0.15) is 11.3 Å². The smallest absolute Gasteiger partial charge is 0.291 e. The number of benzene rings is 2. The third-order valence-corrected chi connectivity index (χ3v) is 5.89. The molecule has 2 heterocycles. The van der Waals surface area contributed by atoms with Crippen molar-refractivity contribution in [1.82, 2.24) is 9.80 Å². The molecule has 2 aromatic carbocycles. The highest BCUT2D eigenvalue weighted by Gasteiger charge is 2.33. The van der Waals surface area contributed by atoms with Crippen LogP contribution >= 0.6 is 0 Å². The van der Waals surface area contributed by atoms with Crippen LogP contribution in [0, 0.1) is 5.92 Å². The van der Waals surface area contributed by atoms with Crippen LogP contribution < -0.4 is 5.32 Å². The molecule has 6 heteroatoms. The Morgan fingerprint density at radius 3 is 2.37 bits per heavy atom. The molecule has 3 aromatic rings. The van der Waals surface area contributed by atoms with Gasteiger partial charge in [0.05, 0.1) is 0 Å². The quantitative estimate of drug-likeness (QED) is 0.705. The molecule has 1 aromatic heterocycles. The number of hydrogen-bond donors (Lipinski definition) is 1. The Morgan fingerprint density at radius 1 is 0.933 bits per heavy atom. The highest BCUT2D eigenvalue weighted by molar-refractivity contribution is 6.11. The van der Waals surface area contributed by atoms with Gasteiger partial charge < -0.3 is 14.6 Å². The molecule has 0 radical (unpaired) electrons. The van der Waals surface area contributed by atoms with Crippen LogP contribution in [0.3, 0.4) is 0 Å². The Labute approximate surface area is 175 Å². The van der Waals surface area contributed by atoms with Crippen molar-refractivity contribution in [2.24, 2.45) is 5.92 Å². The predicted molar refractivity (Wildman–Crippen MR) is 115 cm³/mol. The fraction of sp³-hybridized carbons (Fsp3) is 0.333. The van der Waals surface area contributed by atoms with Gasteiger partial charge in [-0.25, -0.2) is 0 Å². The summed E-state index contributed by atoms with van der Waals surface area (Å²) in [5.41, 5.74) is 2.41. The first-order valence-electron chi connectivity index (χ1n) is 10.6. The molecule has 6 nitrogen and oxygen atoms in total. The largest absolute Gasteiger partial charge is 0.449 e. The normalized spacial score (nSPS) is 17.3. The Morgan fingerprint density at radius 2 is 1.63 bits per heavy atom. The molecule has 1 saturated carbocycles. The molecule has 5 rings (SSSR count). The summed E-state index contributed by atoms with van der Waals surface area (Å²) in [4.78, 5) is 29.9. The molecule has 1 aliphatic heterocycles. The number of nitrogens with one attached hydrogen (secondary N) is 1. The van der Waals surface area contributed by atoms with E-state index >= 15 is 0 Å². The van der Waals surface area contributed by atoms with Gasteiger partial charge in [-0.2, -0.15) is 0 Å². The zero-order chi connectivity index (χ0) is 20.5. The summed E-state index contributed by atoms with van der Waals surface area (Å²) in [6, 6.07) is 17.8. The van der Waals surface area contributed by atoms with Crippen molar-refractivity contribution in [2.45, 2.75) is 19.4 Å². The Bertz CT molecular complexity index is 1060.